The molecule has 17 heavy (non-hydrogen) atoms. The molecule has 0 radical (unpaired) electrons. The molecule has 1 atom stereocenters. The molecule has 0 aliphatic rings. The average Bonchev–Trinajstić information content (AvgIpc) is 2.30. The van der Waals surface area contributed by atoms with Gasteiger partial charge < -0.3 is 15.6 Å². The van der Waals surface area contributed by atoms with Crippen LogP contribution in [-0.4, -0.2) is 17.2 Å². The minimum atomic E-state index is -0.953. The zero-order valence-electron chi connectivity index (χ0n) is 10.3. The second kappa shape index (κ2) is 6.13. The highest BCUT2D eigenvalue weighted by Crippen LogP contribution is 2.24. The molecule has 0 saturated heterocycles. The first kappa shape index (κ1) is 13.4. The summed E-state index contributed by atoms with van der Waals surface area (Å²) in [4.78, 5) is 11.0. The lowest BCUT2D eigenvalue weighted by Crippen LogP contribution is -2.27. The fourth-order valence-corrected chi connectivity index (χ4v) is 1.57. The molecule has 4 nitrogen and oxygen atoms in total. The van der Waals surface area contributed by atoms with Crippen molar-refractivity contribution >= 4 is 11.7 Å². The number of carboxylic acid groups (broad SMARTS) is 1. The molecule has 1 aromatic carbocycles. The van der Waals surface area contributed by atoms with Crippen molar-refractivity contribution < 1.29 is 14.6 Å². The molecule has 0 spiro atoms. The Labute approximate surface area is 101 Å². The van der Waals surface area contributed by atoms with Gasteiger partial charge in [-0.15, -0.1) is 0 Å². The Morgan fingerprint density at radius 2 is 2.18 bits per heavy atom. The van der Waals surface area contributed by atoms with Crippen LogP contribution in [0.5, 0.6) is 5.75 Å². The highest BCUT2D eigenvalue weighted by atomic mass is 16.5. The van der Waals surface area contributed by atoms with E-state index in [9.17, 15) is 4.79 Å². The summed E-state index contributed by atoms with van der Waals surface area (Å²) < 4.78 is 5.42. The van der Waals surface area contributed by atoms with Crippen LogP contribution in [0.4, 0.5) is 5.69 Å². The van der Waals surface area contributed by atoms with Crippen LogP contribution in [0.3, 0.4) is 0 Å². The number of anilines is 1. The van der Waals surface area contributed by atoms with E-state index in [1.54, 1.807) is 6.07 Å². The van der Waals surface area contributed by atoms with E-state index in [1.807, 2.05) is 26.0 Å². The number of aryl methyl sites for hydroxylation is 1. The number of carboxylic acids is 1. The summed E-state index contributed by atoms with van der Waals surface area (Å²) in [6, 6.07) is 5.45. The van der Waals surface area contributed by atoms with Gasteiger partial charge in [0, 0.05) is 0 Å². The van der Waals surface area contributed by atoms with Crippen LogP contribution in [0, 0.1) is 0 Å². The summed E-state index contributed by atoms with van der Waals surface area (Å²) in [7, 11) is 0. The van der Waals surface area contributed by atoms with Gasteiger partial charge in [0.05, 0.1) is 5.69 Å². The molecule has 0 aliphatic carbocycles. The van der Waals surface area contributed by atoms with Gasteiger partial charge in [0.1, 0.15) is 5.75 Å². The van der Waals surface area contributed by atoms with Crippen LogP contribution in [-0.2, 0) is 11.2 Å². The van der Waals surface area contributed by atoms with Crippen molar-refractivity contribution in [3.05, 3.63) is 23.8 Å². The maximum absolute atomic E-state index is 11.0. The third kappa shape index (κ3) is 3.66. The molecule has 94 valence electrons. The molecular formula is C13H19NO3. The molecule has 3 N–H and O–H groups in total. The summed E-state index contributed by atoms with van der Waals surface area (Å²) in [5, 5.41) is 8.99. The first-order valence-electron chi connectivity index (χ1n) is 5.86. The summed E-state index contributed by atoms with van der Waals surface area (Å²) in [6.45, 7) is 3.95. The smallest absolute Gasteiger partial charge is 0.344 e. The molecule has 0 amide bonds. The van der Waals surface area contributed by atoms with E-state index < -0.39 is 12.1 Å². The highest BCUT2D eigenvalue weighted by Gasteiger charge is 2.19. The van der Waals surface area contributed by atoms with Gasteiger partial charge in [-0.3, -0.25) is 0 Å². The number of carbonyl (C=O) groups is 1. The van der Waals surface area contributed by atoms with E-state index >= 15 is 0 Å². The average molecular weight is 237 g/mol. The number of hydrogen-bond acceptors (Lipinski definition) is 3. The minimum Gasteiger partial charge on any atom is -0.479 e. The second-order valence-electron chi connectivity index (χ2n) is 3.96. The van der Waals surface area contributed by atoms with E-state index in [0.717, 1.165) is 18.4 Å². The Morgan fingerprint density at radius 1 is 1.47 bits per heavy atom. The van der Waals surface area contributed by atoms with Gasteiger partial charge in [0.25, 0.3) is 0 Å². The Bertz CT molecular complexity index is 390. The van der Waals surface area contributed by atoms with Crippen molar-refractivity contribution in [2.75, 3.05) is 5.73 Å². The first-order chi connectivity index (χ1) is 8.08. The van der Waals surface area contributed by atoms with Gasteiger partial charge in [-0.2, -0.15) is 0 Å². The van der Waals surface area contributed by atoms with Gasteiger partial charge in [-0.25, -0.2) is 4.79 Å². The molecule has 0 fully saturated rings. The highest BCUT2D eigenvalue weighted by molar-refractivity contribution is 5.73. The van der Waals surface area contributed by atoms with Crippen molar-refractivity contribution in [2.24, 2.45) is 0 Å². The number of aliphatic carboxylic acids is 1. The standard InChI is InChI=1S/C13H19NO3/c1-3-5-12(13(15)16)17-11-7-6-9(4-2)8-10(11)14/h6-8,12H,3-5,14H2,1-2H3,(H,15,16). The van der Waals surface area contributed by atoms with E-state index in [-0.39, 0.29) is 0 Å². The quantitative estimate of drug-likeness (QED) is 0.745. The fraction of sp³-hybridized carbons (Fsp3) is 0.462. The first-order valence-corrected chi connectivity index (χ1v) is 5.86. The van der Waals surface area contributed by atoms with E-state index in [1.165, 1.54) is 0 Å². The third-order valence-corrected chi connectivity index (χ3v) is 2.58. The molecule has 4 heteroatoms. The number of rotatable bonds is 6. The Morgan fingerprint density at radius 3 is 2.65 bits per heavy atom. The monoisotopic (exact) mass is 237 g/mol. The predicted octanol–water partition coefficient (Wildman–Crippen LogP) is 2.46. The minimum absolute atomic E-state index is 0.447. The Kier molecular flexibility index (Phi) is 4.82. The van der Waals surface area contributed by atoms with Crippen LogP contribution < -0.4 is 10.5 Å². The number of nitrogens with two attached hydrogens (primary N) is 1. The van der Waals surface area contributed by atoms with E-state index in [4.69, 9.17) is 15.6 Å². The summed E-state index contributed by atoms with van der Waals surface area (Å²) in [5.74, 6) is -0.506. The zero-order valence-corrected chi connectivity index (χ0v) is 10.3. The Balaban J connectivity index is 2.82. The van der Waals surface area contributed by atoms with Gasteiger partial charge in [0.2, 0.25) is 0 Å². The van der Waals surface area contributed by atoms with Crippen LogP contribution >= 0.6 is 0 Å². The zero-order chi connectivity index (χ0) is 12.8. The molecule has 0 bridgehead atoms. The second-order valence-corrected chi connectivity index (χ2v) is 3.96. The van der Waals surface area contributed by atoms with Gasteiger partial charge in [-0.1, -0.05) is 26.3 Å². The summed E-state index contributed by atoms with van der Waals surface area (Å²) in [6.07, 6.45) is 1.30. The van der Waals surface area contributed by atoms with Gasteiger partial charge in [0.15, 0.2) is 6.10 Å². The van der Waals surface area contributed by atoms with Crippen LogP contribution in [0.25, 0.3) is 0 Å². The lowest BCUT2D eigenvalue weighted by atomic mass is 10.1. The summed E-state index contributed by atoms with van der Waals surface area (Å²) >= 11 is 0. The largest absolute Gasteiger partial charge is 0.479 e. The van der Waals surface area contributed by atoms with E-state index in [0.29, 0.717) is 17.9 Å². The predicted molar refractivity (Wildman–Crippen MR) is 67.2 cm³/mol. The topological polar surface area (TPSA) is 72.5 Å². The SMILES string of the molecule is CCCC(Oc1ccc(CC)cc1N)C(=O)O. The number of ether oxygens (including phenoxy) is 1. The number of nitrogen functional groups attached to an aromatic ring is 1. The van der Waals surface area contributed by atoms with Gasteiger partial charge in [-0.05, 0) is 30.5 Å². The molecule has 0 heterocycles. The normalized spacial score (nSPS) is 12.1. The molecule has 1 rings (SSSR count). The van der Waals surface area contributed by atoms with Crippen molar-refractivity contribution in [3.8, 4) is 5.75 Å². The number of hydrogen-bond donors (Lipinski definition) is 2. The lowest BCUT2D eigenvalue weighted by molar-refractivity contribution is -0.145. The fourth-order valence-electron chi connectivity index (χ4n) is 1.57. The molecule has 1 unspecified atom stereocenters. The maximum Gasteiger partial charge on any atom is 0.344 e. The van der Waals surface area contributed by atoms with Crippen molar-refractivity contribution in [1.82, 2.24) is 0 Å². The molecule has 0 saturated carbocycles. The van der Waals surface area contributed by atoms with Crippen LogP contribution in [0.2, 0.25) is 0 Å². The van der Waals surface area contributed by atoms with Crippen molar-refractivity contribution in [1.29, 1.82) is 0 Å². The third-order valence-electron chi connectivity index (χ3n) is 2.58. The van der Waals surface area contributed by atoms with E-state index in [2.05, 4.69) is 0 Å². The molecule has 1 aromatic rings. The van der Waals surface area contributed by atoms with Crippen molar-refractivity contribution in [2.45, 2.75) is 39.2 Å². The molecular weight excluding hydrogens is 218 g/mol. The Hall–Kier alpha value is -1.71. The van der Waals surface area contributed by atoms with Crippen molar-refractivity contribution in [3.63, 3.8) is 0 Å². The van der Waals surface area contributed by atoms with Crippen LogP contribution in [0.1, 0.15) is 32.3 Å². The maximum atomic E-state index is 11.0. The molecule has 0 aliphatic heterocycles. The number of benzene rings is 1. The van der Waals surface area contributed by atoms with Crippen LogP contribution in [0.15, 0.2) is 18.2 Å². The lowest BCUT2D eigenvalue weighted by Gasteiger charge is -2.16. The summed E-state index contributed by atoms with van der Waals surface area (Å²) in [5.41, 5.74) is 7.42. The molecule has 0 aromatic heterocycles. The van der Waals surface area contributed by atoms with Gasteiger partial charge >= 0.3 is 5.97 Å².